The summed E-state index contributed by atoms with van der Waals surface area (Å²) >= 11 is 0. The highest BCUT2D eigenvalue weighted by molar-refractivity contribution is 5.82. The molecule has 4 aromatic rings. The van der Waals surface area contributed by atoms with E-state index in [2.05, 4.69) is 16.2 Å². The quantitative estimate of drug-likeness (QED) is 0.562. The molecule has 23 heavy (non-hydrogen) atoms. The zero-order chi connectivity index (χ0) is 15.6. The first-order chi connectivity index (χ1) is 11.4. The fraction of sp³-hybridized carbons (Fsp3) is 0. The maximum Gasteiger partial charge on any atom is 0.0999 e. The Morgan fingerprint density at radius 2 is 1.87 bits per heavy atom. The number of pyridine rings is 1. The molecule has 4 rings (SSSR count). The van der Waals surface area contributed by atoms with Gasteiger partial charge in [-0.2, -0.15) is 10.4 Å². The second-order valence-corrected chi connectivity index (χ2v) is 5.19. The zero-order valence-electron chi connectivity index (χ0n) is 12.2. The largest absolute Gasteiger partial charge is 0.264 e. The lowest BCUT2D eigenvalue weighted by atomic mass is 10.00. The molecule has 2 aromatic heterocycles. The highest BCUT2D eigenvalue weighted by atomic mass is 15.3. The fourth-order valence-electron chi connectivity index (χ4n) is 2.73. The minimum Gasteiger partial charge on any atom is -0.264 e. The van der Waals surface area contributed by atoms with Crippen LogP contribution in [0.2, 0.25) is 0 Å². The lowest BCUT2D eigenvalue weighted by molar-refractivity contribution is 0.897. The average molecular weight is 296 g/mol. The second-order valence-electron chi connectivity index (χ2n) is 5.19. The standard InChI is InChI=1S/C19H12N4/c20-11-14-6-3-9-18(19(14)15-7-4-10-21-12-15)23-13-16-5-1-2-8-17(16)22-23/h1-10,12-13H. The van der Waals surface area contributed by atoms with Crippen molar-refractivity contribution in [3.63, 3.8) is 0 Å². The summed E-state index contributed by atoms with van der Waals surface area (Å²) in [6.07, 6.45) is 5.47. The van der Waals surface area contributed by atoms with Gasteiger partial charge in [0, 0.05) is 35.1 Å². The summed E-state index contributed by atoms with van der Waals surface area (Å²) in [6.45, 7) is 0. The molecule has 0 aliphatic heterocycles. The molecule has 4 nitrogen and oxygen atoms in total. The van der Waals surface area contributed by atoms with Gasteiger partial charge in [-0.1, -0.05) is 30.3 Å². The smallest absolute Gasteiger partial charge is 0.0999 e. The van der Waals surface area contributed by atoms with Crippen LogP contribution in [0.15, 0.2) is 73.2 Å². The highest BCUT2D eigenvalue weighted by Crippen LogP contribution is 2.30. The number of hydrogen-bond acceptors (Lipinski definition) is 3. The van der Waals surface area contributed by atoms with E-state index < -0.39 is 0 Å². The number of nitriles is 1. The summed E-state index contributed by atoms with van der Waals surface area (Å²) in [5, 5.41) is 15.2. The molecule has 2 aromatic carbocycles. The molecule has 4 heteroatoms. The van der Waals surface area contributed by atoms with E-state index in [1.807, 2.05) is 65.5 Å². The summed E-state index contributed by atoms with van der Waals surface area (Å²) in [7, 11) is 0. The molecule has 2 heterocycles. The summed E-state index contributed by atoms with van der Waals surface area (Å²) in [4.78, 5) is 4.17. The van der Waals surface area contributed by atoms with Crippen molar-refractivity contribution in [1.29, 1.82) is 5.26 Å². The monoisotopic (exact) mass is 296 g/mol. The molecule has 0 bridgehead atoms. The maximum atomic E-state index is 9.49. The summed E-state index contributed by atoms with van der Waals surface area (Å²) < 4.78 is 1.83. The van der Waals surface area contributed by atoms with E-state index in [0.717, 1.165) is 27.7 Å². The van der Waals surface area contributed by atoms with Gasteiger partial charge in [0.25, 0.3) is 0 Å². The molecule has 0 spiro atoms. The Balaban J connectivity index is 2.00. The van der Waals surface area contributed by atoms with Crippen LogP contribution >= 0.6 is 0 Å². The summed E-state index contributed by atoms with van der Waals surface area (Å²) in [5.41, 5.74) is 4.14. The van der Waals surface area contributed by atoms with Crippen LogP contribution in [0.3, 0.4) is 0 Å². The van der Waals surface area contributed by atoms with Crippen molar-refractivity contribution in [2.24, 2.45) is 0 Å². The Bertz CT molecular complexity index is 993. The van der Waals surface area contributed by atoms with Gasteiger partial charge in [0.05, 0.1) is 22.8 Å². The van der Waals surface area contributed by atoms with Crippen LogP contribution in [-0.2, 0) is 0 Å². The van der Waals surface area contributed by atoms with E-state index >= 15 is 0 Å². The number of hydrogen-bond donors (Lipinski definition) is 0. The Hall–Kier alpha value is -3.45. The minimum atomic E-state index is 0.607. The van der Waals surface area contributed by atoms with Crippen LogP contribution in [0.5, 0.6) is 0 Å². The average Bonchev–Trinajstić information content (AvgIpc) is 3.05. The molecular formula is C19H12N4. The predicted molar refractivity (Wildman–Crippen MR) is 89.0 cm³/mol. The van der Waals surface area contributed by atoms with Gasteiger partial charge in [-0.05, 0) is 24.3 Å². The van der Waals surface area contributed by atoms with Crippen LogP contribution in [0.25, 0.3) is 27.7 Å². The van der Waals surface area contributed by atoms with E-state index in [4.69, 9.17) is 0 Å². The van der Waals surface area contributed by atoms with E-state index in [-0.39, 0.29) is 0 Å². The number of fused-ring (bicyclic) bond motifs is 1. The third kappa shape index (κ3) is 2.25. The van der Waals surface area contributed by atoms with Crippen molar-refractivity contribution in [3.05, 3.63) is 78.8 Å². The first-order valence-corrected chi connectivity index (χ1v) is 7.25. The van der Waals surface area contributed by atoms with Crippen LogP contribution < -0.4 is 0 Å². The van der Waals surface area contributed by atoms with E-state index in [1.165, 1.54) is 0 Å². The molecule has 0 unspecified atom stereocenters. The van der Waals surface area contributed by atoms with Crippen molar-refractivity contribution in [2.45, 2.75) is 0 Å². The van der Waals surface area contributed by atoms with Crippen molar-refractivity contribution in [1.82, 2.24) is 14.8 Å². The lowest BCUT2D eigenvalue weighted by Gasteiger charge is -2.11. The summed E-state index contributed by atoms with van der Waals surface area (Å²) in [5.74, 6) is 0. The molecule has 0 atom stereocenters. The van der Waals surface area contributed by atoms with Crippen molar-refractivity contribution < 1.29 is 0 Å². The Labute approximate surface area is 133 Å². The molecule has 0 saturated heterocycles. The van der Waals surface area contributed by atoms with Crippen molar-refractivity contribution in [3.8, 4) is 22.9 Å². The van der Waals surface area contributed by atoms with Gasteiger partial charge in [0.2, 0.25) is 0 Å². The normalized spacial score (nSPS) is 10.6. The molecule has 0 aliphatic carbocycles. The van der Waals surface area contributed by atoms with Crippen LogP contribution in [0, 0.1) is 11.3 Å². The fourth-order valence-corrected chi connectivity index (χ4v) is 2.73. The Kier molecular flexibility index (Phi) is 3.10. The van der Waals surface area contributed by atoms with Crippen LogP contribution in [0.1, 0.15) is 5.56 Å². The first-order valence-electron chi connectivity index (χ1n) is 7.25. The van der Waals surface area contributed by atoms with Crippen LogP contribution in [0.4, 0.5) is 0 Å². The molecule has 0 N–H and O–H groups in total. The second kappa shape index (κ2) is 5.39. The van der Waals surface area contributed by atoms with E-state index in [1.54, 1.807) is 12.4 Å². The third-order valence-corrected chi connectivity index (χ3v) is 3.77. The van der Waals surface area contributed by atoms with Gasteiger partial charge in [-0.15, -0.1) is 0 Å². The third-order valence-electron chi connectivity index (χ3n) is 3.77. The molecule has 0 aliphatic rings. The Morgan fingerprint density at radius 3 is 2.65 bits per heavy atom. The maximum absolute atomic E-state index is 9.49. The van der Waals surface area contributed by atoms with Gasteiger partial charge in [0.1, 0.15) is 0 Å². The Morgan fingerprint density at radius 1 is 0.957 bits per heavy atom. The van der Waals surface area contributed by atoms with Crippen LogP contribution in [-0.4, -0.2) is 14.8 Å². The molecular weight excluding hydrogens is 284 g/mol. The van der Waals surface area contributed by atoms with Gasteiger partial charge in [-0.25, -0.2) is 4.68 Å². The van der Waals surface area contributed by atoms with Crippen molar-refractivity contribution >= 4 is 10.9 Å². The number of benzene rings is 2. The predicted octanol–water partition coefficient (Wildman–Crippen LogP) is 3.96. The first kappa shape index (κ1) is 13.2. The van der Waals surface area contributed by atoms with Gasteiger partial charge < -0.3 is 0 Å². The van der Waals surface area contributed by atoms with Crippen molar-refractivity contribution in [2.75, 3.05) is 0 Å². The molecule has 108 valence electrons. The molecule has 0 amide bonds. The number of nitrogens with zero attached hydrogens (tertiary/aromatic N) is 4. The zero-order valence-corrected chi connectivity index (χ0v) is 12.2. The highest BCUT2D eigenvalue weighted by Gasteiger charge is 2.13. The summed E-state index contributed by atoms with van der Waals surface area (Å²) in [6, 6.07) is 19.7. The SMILES string of the molecule is N#Cc1cccc(-n2cc3ccccc3n2)c1-c1cccnc1. The topological polar surface area (TPSA) is 54.5 Å². The lowest BCUT2D eigenvalue weighted by Crippen LogP contribution is -1.99. The van der Waals surface area contributed by atoms with Gasteiger partial charge in [-0.3, -0.25) is 4.98 Å². The molecule has 0 saturated carbocycles. The van der Waals surface area contributed by atoms with Gasteiger partial charge >= 0.3 is 0 Å². The number of rotatable bonds is 2. The minimum absolute atomic E-state index is 0.607. The molecule has 0 radical (unpaired) electrons. The number of aromatic nitrogens is 3. The molecule has 0 fully saturated rings. The van der Waals surface area contributed by atoms with Gasteiger partial charge in [0.15, 0.2) is 0 Å². The van der Waals surface area contributed by atoms with E-state index in [0.29, 0.717) is 5.56 Å². The van der Waals surface area contributed by atoms with E-state index in [9.17, 15) is 5.26 Å².